The molecule has 7 nitrogen and oxygen atoms in total. The molecule has 1 aromatic heterocycles. The standard InChI is InChI=1S/C23H20N4O3S2/c28-19(24-13-11-20-25-26-21(30-20)17-9-5-2-6-10-17)12-14-27-22(29)18(32-23(27)31)15-16-7-3-1-4-8-16/h1-10,15H,11-14H2,(H,24,28)/b18-15-. The number of aromatic nitrogens is 2. The first-order valence-electron chi connectivity index (χ1n) is 10.0. The minimum Gasteiger partial charge on any atom is -0.421 e. The topological polar surface area (TPSA) is 88.3 Å². The largest absolute Gasteiger partial charge is 0.421 e. The number of thiocarbonyl (C=S) groups is 1. The lowest BCUT2D eigenvalue weighted by Gasteiger charge is -2.13. The second-order valence-electron chi connectivity index (χ2n) is 6.96. The van der Waals surface area contributed by atoms with Crippen LogP contribution >= 0.6 is 24.0 Å². The minimum atomic E-state index is -0.172. The van der Waals surface area contributed by atoms with E-state index in [0.29, 0.717) is 34.0 Å². The third-order valence-electron chi connectivity index (χ3n) is 4.68. The normalized spacial score (nSPS) is 14.9. The zero-order valence-electron chi connectivity index (χ0n) is 17.1. The van der Waals surface area contributed by atoms with Crippen LogP contribution in [0.3, 0.4) is 0 Å². The Hall–Kier alpha value is -3.30. The summed E-state index contributed by atoms with van der Waals surface area (Å²) in [7, 11) is 0. The number of benzene rings is 2. The minimum absolute atomic E-state index is 0.157. The van der Waals surface area contributed by atoms with E-state index in [1.165, 1.54) is 16.7 Å². The zero-order valence-corrected chi connectivity index (χ0v) is 18.7. The van der Waals surface area contributed by atoms with Crippen molar-refractivity contribution in [1.82, 2.24) is 20.4 Å². The summed E-state index contributed by atoms with van der Waals surface area (Å²) in [4.78, 5) is 26.9. The predicted octanol–water partition coefficient (Wildman–Crippen LogP) is 3.69. The molecule has 162 valence electrons. The van der Waals surface area contributed by atoms with Crippen LogP contribution in [0, 0.1) is 0 Å². The average molecular weight is 465 g/mol. The highest BCUT2D eigenvalue weighted by Crippen LogP contribution is 2.32. The summed E-state index contributed by atoms with van der Waals surface area (Å²) in [6.07, 6.45) is 2.39. The maximum absolute atomic E-state index is 12.6. The van der Waals surface area contributed by atoms with Crippen LogP contribution in [-0.4, -0.2) is 44.3 Å². The Morgan fingerprint density at radius 3 is 2.56 bits per heavy atom. The molecule has 0 atom stereocenters. The van der Waals surface area contributed by atoms with Crippen molar-refractivity contribution in [1.29, 1.82) is 0 Å². The fraction of sp³-hybridized carbons (Fsp3) is 0.174. The van der Waals surface area contributed by atoms with E-state index in [-0.39, 0.29) is 24.8 Å². The van der Waals surface area contributed by atoms with Crippen molar-refractivity contribution in [2.24, 2.45) is 0 Å². The third-order valence-corrected chi connectivity index (χ3v) is 6.06. The molecule has 2 aromatic carbocycles. The molecule has 1 aliphatic heterocycles. The Bertz CT molecular complexity index is 1150. The zero-order chi connectivity index (χ0) is 22.3. The van der Waals surface area contributed by atoms with Crippen LogP contribution in [0.15, 0.2) is 70.0 Å². The van der Waals surface area contributed by atoms with Gasteiger partial charge in [-0.05, 0) is 23.8 Å². The first-order valence-corrected chi connectivity index (χ1v) is 11.3. The molecule has 0 spiro atoms. The van der Waals surface area contributed by atoms with Gasteiger partial charge >= 0.3 is 0 Å². The number of hydrogen-bond acceptors (Lipinski definition) is 7. The molecule has 0 aliphatic carbocycles. The third kappa shape index (κ3) is 5.49. The molecule has 32 heavy (non-hydrogen) atoms. The van der Waals surface area contributed by atoms with Crippen LogP contribution in [0.1, 0.15) is 17.9 Å². The summed E-state index contributed by atoms with van der Waals surface area (Å²) in [6, 6.07) is 19.1. The van der Waals surface area contributed by atoms with E-state index in [2.05, 4.69) is 15.5 Å². The van der Waals surface area contributed by atoms with E-state index in [9.17, 15) is 9.59 Å². The van der Waals surface area contributed by atoms with Gasteiger partial charge in [0.15, 0.2) is 0 Å². The second-order valence-corrected chi connectivity index (χ2v) is 8.64. The number of amides is 2. The van der Waals surface area contributed by atoms with Crippen molar-refractivity contribution >= 4 is 46.2 Å². The molecule has 3 aromatic rings. The number of thioether (sulfide) groups is 1. The van der Waals surface area contributed by atoms with Crippen molar-refractivity contribution in [3.05, 3.63) is 77.0 Å². The summed E-state index contributed by atoms with van der Waals surface area (Å²) in [5, 5.41) is 10.9. The SMILES string of the molecule is O=C(CCN1C(=O)/C(=C/c2ccccc2)SC1=S)NCCc1nnc(-c2ccccc2)o1. The molecule has 2 heterocycles. The van der Waals surface area contributed by atoms with Crippen molar-refractivity contribution in [2.45, 2.75) is 12.8 Å². The van der Waals surface area contributed by atoms with Gasteiger partial charge < -0.3 is 9.73 Å². The Kier molecular flexibility index (Phi) is 7.08. The maximum atomic E-state index is 12.6. The molecule has 0 radical (unpaired) electrons. The monoisotopic (exact) mass is 464 g/mol. The number of rotatable bonds is 8. The molecule has 9 heteroatoms. The molecule has 0 unspecified atom stereocenters. The van der Waals surface area contributed by atoms with Gasteiger partial charge in [0.1, 0.15) is 4.32 Å². The van der Waals surface area contributed by atoms with Crippen molar-refractivity contribution in [3.63, 3.8) is 0 Å². The van der Waals surface area contributed by atoms with E-state index in [0.717, 1.165) is 11.1 Å². The molecule has 1 fully saturated rings. The second kappa shape index (κ2) is 10.3. The summed E-state index contributed by atoms with van der Waals surface area (Å²) < 4.78 is 6.09. The Morgan fingerprint density at radius 2 is 1.81 bits per heavy atom. The predicted molar refractivity (Wildman–Crippen MR) is 127 cm³/mol. The Morgan fingerprint density at radius 1 is 1.09 bits per heavy atom. The Labute approximate surface area is 194 Å². The quantitative estimate of drug-likeness (QED) is 0.402. The highest BCUT2D eigenvalue weighted by Gasteiger charge is 2.32. The Balaban J connectivity index is 1.23. The average Bonchev–Trinajstić information content (AvgIpc) is 3.38. The number of carbonyl (C=O) groups excluding carboxylic acids is 2. The van der Waals surface area contributed by atoms with Crippen molar-refractivity contribution in [3.8, 4) is 11.5 Å². The summed E-state index contributed by atoms with van der Waals surface area (Å²) in [6.45, 7) is 0.600. The van der Waals surface area contributed by atoms with Crippen LogP contribution in [0.5, 0.6) is 0 Å². The lowest BCUT2D eigenvalue weighted by molar-refractivity contribution is -0.123. The maximum Gasteiger partial charge on any atom is 0.266 e. The van der Waals surface area contributed by atoms with Gasteiger partial charge in [0.05, 0.1) is 4.91 Å². The molecule has 1 N–H and O–H groups in total. The lowest BCUT2D eigenvalue weighted by Crippen LogP contribution is -2.34. The fourth-order valence-corrected chi connectivity index (χ4v) is 4.36. The molecule has 1 saturated heterocycles. The fourth-order valence-electron chi connectivity index (χ4n) is 3.06. The lowest BCUT2D eigenvalue weighted by atomic mass is 10.2. The number of nitrogens with zero attached hydrogens (tertiary/aromatic N) is 3. The van der Waals surface area contributed by atoms with E-state index >= 15 is 0 Å². The van der Waals surface area contributed by atoms with Gasteiger partial charge in [0, 0.05) is 31.5 Å². The first-order chi connectivity index (χ1) is 15.6. The summed E-state index contributed by atoms with van der Waals surface area (Å²) in [5.41, 5.74) is 1.78. The summed E-state index contributed by atoms with van der Waals surface area (Å²) >= 11 is 6.58. The van der Waals surface area contributed by atoms with Gasteiger partial charge in [-0.3, -0.25) is 14.5 Å². The van der Waals surface area contributed by atoms with E-state index in [1.807, 2.05) is 66.7 Å². The van der Waals surface area contributed by atoms with Crippen LogP contribution in [0.4, 0.5) is 0 Å². The van der Waals surface area contributed by atoms with E-state index in [4.69, 9.17) is 16.6 Å². The number of hydrogen-bond donors (Lipinski definition) is 1. The molecule has 0 bridgehead atoms. The highest BCUT2D eigenvalue weighted by atomic mass is 32.2. The van der Waals surface area contributed by atoms with Crippen LogP contribution in [-0.2, 0) is 16.0 Å². The highest BCUT2D eigenvalue weighted by molar-refractivity contribution is 8.26. The van der Waals surface area contributed by atoms with Gasteiger partial charge in [0.2, 0.25) is 17.7 Å². The number of carbonyl (C=O) groups is 2. The molecule has 0 saturated carbocycles. The number of nitrogens with one attached hydrogen (secondary N) is 1. The van der Waals surface area contributed by atoms with Crippen molar-refractivity contribution < 1.29 is 14.0 Å². The first kappa shape index (κ1) is 21.9. The molecule has 1 aliphatic rings. The van der Waals surface area contributed by atoms with Gasteiger partial charge in [-0.15, -0.1) is 10.2 Å². The molecular weight excluding hydrogens is 444 g/mol. The summed E-state index contributed by atoms with van der Waals surface area (Å²) in [5.74, 6) is 0.557. The van der Waals surface area contributed by atoms with Crippen LogP contribution in [0.2, 0.25) is 0 Å². The molecule has 4 rings (SSSR count). The van der Waals surface area contributed by atoms with Gasteiger partial charge in [-0.2, -0.15) is 0 Å². The molecule has 2 amide bonds. The van der Waals surface area contributed by atoms with E-state index < -0.39 is 0 Å². The van der Waals surface area contributed by atoms with E-state index in [1.54, 1.807) is 0 Å². The van der Waals surface area contributed by atoms with Gasteiger partial charge in [0.25, 0.3) is 5.91 Å². The van der Waals surface area contributed by atoms with Crippen LogP contribution in [0.25, 0.3) is 17.5 Å². The van der Waals surface area contributed by atoms with Crippen LogP contribution < -0.4 is 5.32 Å². The van der Waals surface area contributed by atoms with Gasteiger partial charge in [-0.25, -0.2) is 0 Å². The smallest absolute Gasteiger partial charge is 0.266 e. The van der Waals surface area contributed by atoms with Gasteiger partial charge in [-0.1, -0.05) is 72.5 Å². The van der Waals surface area contributed by atoms with Crippen molar-refractivity contribution in [2.75, 3.05) is 13.1 Å². The molecular formula is C23H20N4O3S2.